The summed E-state index contributed by atoms with van der Waals surface area (Å²) < 4.78 is 5.34. The SMILES string of the molecule is CNCC1CCCN1Cc1nc(-c2ccccn2)no1. The first-order chi connectivity index (χ1) is 9.86. The molecule has 0 aliphatic carbocycles. The first-order valence-electron chi connectivity index (χ1n) is 6.99. The minimum atomic E-state index is 0.560. The van der Waals surface area contributed by atoms with E-state index in [0.717, 1.165) is 18.8 Å². The van der Waals surface area contributed by atoms with Crippen LogP contribution in [0.1, 0.15) is 18.7 Å². The van der Waals surface area contributed by atoms with Crippen molar-refractivity contribution >= 4 is 0 Å². The molecule has 0 radical (unpaired) electrons. The number of hydrogen-bond donors (Lipinski definition) is 1. The maximum absolute atomic E-state index is 5.34. The molecule has 106 valence electrons. The van der Waals surface area contributed by atoms with Gasteiger partial charge in [-0.05, 0) is 38.6 Å². The highest BCUT2D eigenvalue weighted by Crippen LogP contribution is 2.20. The van der Waals surface area contributed by atoms with Gasteiger partial charge in [0.05, 0.1) is 6.54 Å². The lowest BCUT2D eigenvalue weighted by Crippen LogP contribution is -2.36. The van der Waals surface area contributed by atoms with Crippen LogP contribution < -0.4 is 5.32 Å². The molecular weight excluding hydrogens is 254 g/mol. The fourth-order valence-electron chi connectivity index (χ4n) is 2.66. The third-order valence-corrected chi connectivity index (χ3v) is 3.64. The van der Waals surface area contributed by atoms with Crippen molar-refractivity contribution in [1.82, 2.24) is 25.3 Å². The summed E-state index contributed by atoms with van der Waals surface area (Å²) in [6.07, 6.45) is 4.18. The van der Waals surface area contributed by atoms with E-state index in [1.54, 1.807) is 6.20 Å². The van der Waals surface area contributed by atoms with Gasteiger partial charge in [-0.3, -0.25) is 9.88 Å². The van der Waals surface area contributed by atoms with Gasteiger partial charge in [-0.25, -0.2) is 0 Å². The Labute approximate surface area is 118 Å². The van der Waals surface area contributed by atoms with Crippen LogP contribution in [0.4, 0.5) is 0 Å². The molecule has 3 heterocycles. The van der Waals surface area contributed by atoms with E-state index in [1.165, 1.54) is 12.8 Å². The molecule has 2 aromatic heterocycles. The van der Waals surface area contributed by atoms with Gasteiger partial charge in [0.2, 0.25) is 11.7 Å². The summed E-state index contributed by atoms with van der Waals surface area (Å²) in [4.78, 5) is 11.1. The Hall–Kier alpha value is -1.79. The molecule has 0 spiro atoms. The summed E-state index contributed by atoms with van der Waals surface area (Å²) in [6.45, 7) is 2.81. The van der Waals surface area contributed by atoms with Gasteiger partial charge >= 0.3 is 0 Å². The molecule has 1 N–H and O–H groups in total. The van der Waals surface area contributed by atoms with Crippen LogP contribution in [0, 0.1) is 0 Å². The van der Waals surface area contributed by atoms with Gasteiger partial charge in [0.15, 0.2) is 0 Å². The topological polar surface area (TPSA) is 67.1 Å². The Bertz CT molecular complexity index is 542. The zero-order valence-corrected chi connectivity index (χ0v) is 11.6. The number of hydrogen-bond acceptors (Lipinski definition) is 6. The molecule has 2 aromatic rings. The van der Waals surface area contributed by atoms with Crippen molar-refractivity contribution in [2.45, 2.75) is 25.4 Å². The summed E-state index contributed by atoms with van der Waals surface area (Å²) in [5.74, 6) is 1.22. The van der Waals surface area contributed by atoms with Gasteiger partial charge in [-0.15, -0.1) is 0 Å². The Kier molecular flexibility index (Phi) is 4.03. The highest BCUT2D eigenvalue weighted by atomic mass is 16.5. The molecule has 6 heteroatoms. The average Bonchev–Trinajstić information content (AvgIpc) is 3.11. The van der Waals surface area contributed by atoms with Crippen LogP contribution in [0.2, 0.25) is 0 Å². The summed E-state index contributed by atoms with van der Waals surface area (Å²) >= 11 is 0. The van der Waals surface area contributed by atoms with Gasteiger partial charge in [-0.1, -0.05) is 11.2 Å². The number of likely N-dealkylation sites (N-methyl/N-ethyl adjacent to an activating group) is 1. The van der Waals surface area contributed by atoms with E-state index in [1.807, 2.05) is 25.2 Å². The van der Waals surface area contributed by atoms with Crippen molar-refractivity contribution in [3.05, 3.63) is 30.3 Å². The Balaban J connectivity index is 1.68. The second-order valence-corrected chi connectivity index (χ2v) is 5.05. The summed E-state index contributed by atoms with van der Waals surface area (Å²) in [5, 5.41) is 7.25. The number of pyridine rings is 1. The highest BCUT2D eigenvalue weighted by molar-refractivity contribution is 5.46. The minimum absolute atomic E-state index is 0.560. The number of nitrogens with one attached hydrogen (secondary N) is 1. The molecule has 1 atom stereocenters. The van der Waals surface area contributed by atoms with E-state index >= 15 is 0 Å². The van der Waals surface area contributed by atoms with Gasteiger partial charge in [-0.2, -0.15) is 4.98 Å². The summed E-state index contributed by atoms with van der Waals surface area (Å²) in [7, 11) is 1.99. The fourth-order valence-corrected chi connectivity index (χ4v) is 2.66. The van der Waals surface area contributed by atoms with Crippen LogP contribution in [-0.4, -0.2) is 46.2 Å². The van der Waals surface area contributed by atoms with Crippen molar-refractivity contribution < 1.29 is 4.52 Å². The number of likely N-dealkylation sites (tertiary alicyclic amines) is 1. The normalized spacial score (nSPS) is 19.6. The standard InChI is InChI=1S/C14H19N5O/c1-15-9-11-5-4-8-19(11)10-13-17-14(18-20-13)12-6-2-3-7-16-12/h2-3,6-7,11,15H,4-5,8-10H2,1H3. The molecule has 20 heavy (non-hydrogen) atoms. The number of aromatic nitrogens is 3. The molecule has 1 fully saturated rings. The van der Waals surface area contributed by atoms with E-state index < -0.39 is 0 Å². The Morgan fingerprint density at radius 1 is 1.45 bits per heavy atom. The highest BCUT2D eigenvalue weighted by Gasteiger charge is 2.25. The van der Waals surface area contributed by atoms with E-state index in [9.17, 15) is 0 Å². The van der Waals surface area contributed by atoms with Gasteiger partial charge in [0.25, 0.3) is 0 Å². The molecule has 1 aliphatic heterocycles. The van der Waals surface area contributed by atoms with Gasteiger partial charge in [0.1, 0.15) is 5.69 Å². The smallest absolute Gasteiger partial charge is 0.241 e. The minimum Gasteiger partial charge on any atom is -0.337 e. The van der Waals surface area contributed by atoms with Crippen LogP contribution in [-0.2, 0) is 6.54 Å². The number of rotatable bonds is 5. The fraction of sp³-hybridized carbons (Fsp3) is 0.500. The molecule has 1 aliphatic rings. The van der Waals surface area contributed by atoms with E-state index in [0.29, 0.717) is 24.3 Å². The van der Waals surface area contributed by atoms with Crippen LogP contribution in [0.15, 0.2) is 28.9 Å². The molecule has 0 bridgehead atoms. The van der Waals surface area contributed by atoms with Crippen molar-refractivity contribution in [3.63, 3.8) is 0 Å². The maximum Gasteiger partial charge on any atom is 0.241 e. The molecular formula is C14H19N5O. The predicted molar refractivity (Wildman–Crippen MR) is 74.9 cm³/mol. The Morgan fingerprint density at radius 2 is 2.40 bits per heavy atom. The summed E-state index contributed by atoms with van der Waals surface area (Å²) in [6, 6.07) is 6.23. The molecule has 0 aromatic carbocycles. The van der Waals surface area contributed by atoms with Crippen molar-refractivity contribution in [1.29, 1.82) is 0 Å². The second-order valence-electron chi connectivity index (χ2n) is 5.05. The van der Waals surface area contributed by atoms with Crippen LogP contribution in [0.3, 0.4) is 0 Å². The zero-order chi connectivity index (χ0) is 13.8. The van der Waals surface area contributed by atoms with Gasteiger partial charge in [0, 0.05) is 18.8 Å². The van der Waals surface area contributed by atoms with Crippen LogP contribution >= 0.6 is 0 Å². The molecule has 0 saturated carbocycles. The summed E-state index contributed by atoms with van der Waals surface area (Å²) in [5.41, 5.74) is 0.746. The number of nitrogens with zero attached hydrogens (tertiary/aromatic N) is 4. The molecule has 1 saturated heterocycles. The quantitative estimate of drug-likeness (QED) is 0.886. The lowest BCUT2D eigenvalue weighted by atomic mass is 10.2. The molecule has 0 amide bonds. The van der Waals surface area contributed by atoms with Crippen molar-refractivity contribution in [3.8, 4) is 11.5 Å². The van der Waals surface area contributed by atoms with Crippen molar-refractivity contribution in [2.24, 2.45) is 0 Å². The maximum atomic E-state index is 5.34. The monoisotopic (exact) mass is 273 g/mol. The van der Waals surface area contributed by atoms with Crippen molar-refractivity contribution in [2.75, 3.05) is 20.1 Å². The molecule has 3 rings (SSSR count). The zero-order valence-electron chi connectivity index (χ0n) is 11.6. The third kappa shape index (κ3) is 2.86. The van der Waals surface area contributed by atoms with Crippen LogP contribution in [0.25, 0.3) is 11.5 Å². The molecule has 1 unspecified atom stereocenters. The largest absolute Gasteiger partial charge is 0.337 e. The van der Waals surface area contributed by atoms with E-state index in [2.05, 4.69) is 25.3 Å². The first-order valence-corrected chi connectivity index (χ1v) is 6.99. The van der Waals surface area contributed by atoms with E-state index in [4.69, 9.17) is 4.52 Å². The second kappa shape index (κ2) is 6.11. The first kappa shape index (κ1) is 13.2. The lowest BCUT2D eigenvalue weighted by molar-refractivity contribution is 0.209. The lowest BCUT2D eigenvalue weighted by Gasteiger charge is -2.22. The van der Waals surface area contributed by atoms with Gasteiger partial charge < -0.3 is 9.84 Å². The average molecular weight is 273 g/mol. The molecule has 6 nitrogen and oxygen atoms in total. The third-order valence-electron chi connectivity index (χ3n) is 3.64. The predicted octanol–water partition coefficient (Wildman–Crippen LogP) is 1.32. The van der Waals surface area contributed by atoms with E-state index in [-0.39, 0.29) is 0 Å². The van der Waals surface area contributed by atoms with Crippen LogP contribution in [0.5, 0.6) is 0 Å². The Morgan fingerprint density at radius 3 is 3.20 bits per heavy atom.